The van der Waals surface area contributed by atoms with Gasteiger partial charge in [0.25, 0.3) is 0 Å². The lowest BCUT2D eigenvalue weighted by Crippen LogP contribution is -2.13. The number of nitrogens with zero attached hydrogens (tertiary/aromatic N) is 1. The molecule has 0 spiro atoms. The Balaban J connectivity index is 1.64. The number of carbonyl (C=O) groups excluding carboxylic acids is 1. The molecule has 0 bridgehead atoms. The second kappa shape index (κ2) is 4.74. The molecular weight excluding hydrogens is 262 g/mol. The first-order valence-corrected chi connectivity index (χ1v) is 7.10. The number of nitrogens with one attached hydrogen (secondary N) is 2. The molecule has 4 heteroatoms. The molecule has 1 fully saturated rings. The fourth-order valence-electron chi connectivity index (χ4n) is 2.89. The van der Waals surface area contributed by atoms with Gasteiger partial charge in [-0.05, 0) is 23.3 Å². The number of aromatic nitrogens is 2. The lowest BCUT2D eigenvalue weighted by Gasteiger charge is -2.09. The Labute approximate surface area is 122 Å². The summed E-state index contributed by atoms with van der Waals surface area (Å²) in [7, 11) is 0. The SMILES string of the molecule is O=C1CC(c2ccc(-c3cnc4[nH]ccc4c3)cc2)CN1. The summed E-state index contributed by atoms with van der Waals surface area (Å²) in [5.74, 6) is 0.447. The van der Waals surface area contributed by atoms with Crippen molar-refractivity contribution in [3.05, 3.63) is 54.4 Å². The van der Waals surface area contributed by atoms with Crippen LogP contribution in [0, 0.1) is 0 Å². The van der Waals surface area contributed by atoms with E-state index < -0.39 is 0 Å². The standard InChI is InChI=1S/C17H15N3O/c21-16-8-15(9-19-16)12-3-1-11(2-4-12)14-7-13-5-6-18-17(13)20-10-14/h1-7,10,15H,8-9H2,(H,18,20)(H,19,21). The molecule has 1 atom stereocenters. The van der Waals surface area contributed by atoms with E-state index in [0.717, 1.165) is 28.7 Å². The van der Waals surface area contributed by atoms with Crippen molar-refractivity contribution < 1.29 is 4.79 Å². The van der Waals surface area contributed by atoms with Crippen molar-refractivity contribution in [1.29, 1.82) is 0 Å². The molecule has 0 aliphatic carbocycles. The third-order valence-electron chi connectivity index (χ3n) is 4.09. The normalized spacial score (nSPS) is 18.1. The molecule has 1 unspecified atom stereocenters. The van der Waals surface area contributed by atoms with Crippen LogP contribution < -0.4 is 5.32 Å². The molecule has 0 saturated carbocycles. The van der Waals surface area contributed by atoms with Crippen LogP contribution in [-0.4, -0.2) is 22.4 Å². The number of hydrogen-bond donors (Lipinski definition) is 2. The lowest BCUT2D eigenvalue weighted by molar-refractivity contribution is -0.119. The van der Waals surface area contributed by atoms with E-state index in [9.17, 15) is 4.79 Å². The van der Waals surface area contributed by atoms with Crippen molar-refractivity contribution in [2.24, 2.45) is 0 Å². The van der Waals surface area contributed by atoms with Gasteiger partial charge in [0.15, 0.2) is 0 Å². The predicted molar refractivity (Wildman–Crippen MR) is 81.9 cm³/mol. The molecule has 0 radical (unpaired) electrons. The van der Waals surface area contributed by atoms with Crippen molar-refractivity contribution in [1.82, 2.24) is 15.3 Å². The average molecular weight is 277 g/mol. The van der Waals surface area contributed by atoms with E-state index in [4.69, 9.17) is 0 Å². The highest BCUT2D eigenvalue weighted by atomic mass is 16.1. The number of rotatable bonds is 2. The van der Waals surface area contributed by atoms with Crippen LogP contribution in [0.25, 0.3) is 22.2 Å². The monoisotopic (exact) mass is 277 g/mol. The minimum Gasteiger partial charge on any atom is -0.355 e. The summed E-state index contributed by atoms with van der Waals surface area (Å²) in [6, 6.07) is 12.6. The average Bonchev–Trinajstić information content (AvgIpc) is 3.15. The zero-order chi connectivity index (χ0) is 14.2. The molecule has 1 saturated heterocycles. The van der Waals surface area contributed by atoms with Gasteiger partial charge in [-0.2, -0.15) is 0 Å². The van der Waals surface area contributed by atoms with Crippen molar-refractivity contribution in [2.75, 3.05) is 6.54 Å². The quantitative estimate of drug-likeness (QED) is 0.756. The maximum absolute atomic E-state index is 11.3. The molecule has 1 aliphatic rings. The first kappa shape index (κ1) is 12.1. The minimum absolute atomic E-state index is 0.145. The summed E-state index contributed by atoms with van der Waals surface area (Å²) in [5, 5.41) is 3.99. The molecule has 1 aromatic carbocycles. The summed E-state index contributed by atoms with van der Waals surface area (Å²) >= 11 is 0. The topological polar surface area (TPSA) is 57.8 Å². The van der Waals surface area contributed by atoms with Gasteiger partial charge in [-0.1, -0.05) is 24.3 Å². The number of carbonyl (C=O) groups is 1. The number of fused-ring (bicyclic) bond motifs is 1. The third-order valence-corrected chi connectivity index (χ3v) is 4.09. The van der Waals surface area contributed by atoms with Crippen LogP contribution in [0.2, 0.25) is 0 Å². The van der Waals surface area contributed by atoms with Crippen molar-refractivity contribution in [3.8, 4) is 11.1 Å². The molecule has 3 aromatic rings. The van der Waals surface area contributed by atoms with Crippen LogP contribution in [0.5, 0.6) is 0 Å². The first-order chi connectivity index (χ1) is 10.3. The fourth-order valence-corrected chi connectivity index (χ4v) is 2.89. The van der Waals surface area contributed by atoms with Gasteiger partial charge < -0.3 is 10.3 Å². The Morgan fingerprint density at radius 2 is 1.95 bits per heavy atom. The predicted octanol–water partition coefficient (Wildman–Crippen LogP) is 2.83. The van der Waals surface area contributed by atoms with Gasteiger partial charge in [0.05, 0.1) is 0 Å². The Kier molecular flexibility index (Phi) is 2.74. The molecule has 104 valence electrons. The van der Waals surface area contributed by atoms with E-state index in [1.54, 1.807) is 0 Å². The number of H-pyrrole nitrogens is 1. The highest BCUT2D eigenvalue weighted by molar-refractivity contribution is 5.81. The Hall–Kier alpha value is -2.62. The van der Waals surface area contributed by atoms with Gasteiger partial charge in [-0.25, -0.2) is 4.98 Å². The van der Waals surface area contributed by atoms with E-state index in [0.29, 0.717) is 12.3 Å². The van der Waals surface area contributed by atoms with E-state index in [-0.39, 0.29) is 5.91 Å². The van der Waals surface area contributed by atoms with Crippen LogP contribution >= 0.6 is 0 Å². The van der Waals surface area contributed by atoms with Gasteiger partial charge in [-0.3, -0.25) is 4.79 Å². The van der Waals surface area contributed by atoms with Gasteiger partial charge in [0.2, 0.25) is 5.91 Å². The summed E-state index contributed by atoms with van der Waals surface area (Å²) in [6.45, 7) is 0.745. The van der Waals surface area contributed by atoms with E-state index >= 15 is 0 Å². The lowest BCUT2D eigenvalue weighted by atomic mass is 9.96. The van der Waals surface area contributed by atoms with Crippen LogP contribution in [0.4, 0.5) is 0 Å². The maximum Gasteiger partial charge on any atom is 0.220 e. The molecule has 21 heavy (non-hydrogen) atoms. The van der Waals surface area contributed by atoms with E-state index in [1.165, 1.54) is 5.56 Å². The van der Waals surface area contributed by atoms with Crippen LogP contribution in [0.15, 0.2) is 48.8 Å². The molecule has 2 N–H and O–H groups in total. The first-order valence-electron chi connectivity index (χ1n) is 7.10. The second-order valence-electron chi connectivity index (χ2n) is 5.47. The third kappa shape index (κ3) is 2.18. The maximum atomic E-state index is 11.3. The summed E-state index contributed by atoms with van der Waals surface area (Å²) in [4.78, 5) is 18.8. The summed E-state index contributed by atoms with van der Waals surface area (Å²) in [6.07, 6.45) is 4.37. The minimum atomic E-state index is 0.145. The van der Waals surface area contributed by atoms with Crippen molar-refractivity contribution in [3.63, 3.8) is 0 Å². The van der Waals surface area contributed by atoms with Crippen molar-refractivity contribution >= 4 is 16.9 Å². The van der Waals surface area contributed by atoms with Gasteiger partial charge in [0.1, 0.15) is 5.65 Å². The molecule has 3 heterocycles. The number of hydrogen-bond acceptors (Lipinski definition) is 2. The molecule has 2 aromatic heterocycles. The largest absolute Gasteiger partial charge is 0.355 e. The summed E-state index contributed by atoms with van der Waals surface area (Å²) < 4.78 is 0. The second-order valence-corrected chi connectivity index (χ2v) is 5.47. The number of amides is 1. The number of pyridine rings is 1. The molecule has 1 aliphatic heterocycles. The van der Waals surface area contributed by atoms with Gasteiger partial charge in [0, 0.05) is 42.2 Å². The van der Waals surface area contributed by atoms with Crippen LogP contribution in [0.1, 0.15) is 17.9 Å². The Bertz CT molecular complexity index is 804. The molecule has 1 amide bonds. The molecule has 4 nitrogen and oxygen atoms in total. The zero-order valence-corrected chi connectivity index (χ0v) is 11.5. The van der Waals surface area contributed by atoms with Crippen LogP contribution in [-0.2, 0) is 4.79 Å². The van der Waals surface area contributed by atoms with Crippen molar-refractivity contribution in [2.45, 2.75) is 12.3 Å². The molecule has 4 rings (SSSR count). The van der Waals surface area contributed by atoms with Gasteiger partial charge >= 0.3 is 0 Å². The Morgan fingerprint density at radius 3 is 2.71 bits per heavy atom. The highest BCUT2D eigenvalue weighted by Gasteiger charge is 2.22. The Morgan fingerprint density at radius 1 is 1.10 bits per heavy atom. The molecular formula is C17H15N3O. The smallest absolute Gasteiger partial charge is 0.220 e. The number of benzene rings is 1. The zero-order valence-electron chi connectivity index (χ0n) is 11.5. The van der Waals surface area contributed by atoms with Gasteiger partial charge in [-0.15, -0.1) is 0 Å². The van der Waals surface area contributed by atoms with Crippen LogP contribution in [0.3, 0.4) is 0 Å². The highest BCUT2D eigenvalue weighted by Crippen LogP contribution is 2.27. The number of aromatic amines is 1. The van der Waals surface area contributed by atoms with E-state index in [1.807, 2.05) is 18.5 Å². The summed E-state index contributed by atoms with van der Waals surface area (Å²) in [5.41, 5.74) is 4.37. The van der Waals surface area contributed by atoms with E-state index in [2.05, 4.69) is 45.6 Å². The fraction of sp³-hybridized carbons (Fsp3) is 0.176.